The molecule has 0 spiro atoms. The van der Waals surface area contributed by atoms with Gasteiger partial charge in [-0.3, -0.25) is 0 Å². The monoisotopic (exact) mass is 177 g/mol. The molecule has 1 aliphatic heterocycles. The molecule has 1 fully saturated rings. The fourth-order valence-electron chi connectivity index (χ4n) is 1.79. The second kappa shape index (κ2) is 4.33. The molecule has 3 nitrogen and oxygen atoms in total. The summed E-state index contributed by atoms with van der Waals surface area (Å²) in [4.78, 5) is 8.47. The zero-order valence-corrected chi connectivity index (χ0v) is 7.74. The zero-order valence-electron chi connectivity index (χ0n) is 7.74. The maximum atomic E-state index is 4.23. The molecule has 1 unspecified atom stereocenters. The summed E-state index contributed by atoms with van der Waals surface area (Å²) in [5, 5.41) is 3.40. The van der Waals surface area contributed by atoms with Gasteiger partial charge in [0.05, 0.1) is 0 Å². The normalized spacial score (nSPS) is 22.9. The second-order valence-corrected chi connectivity index (χ2v) is 3.58. The third kappa shape index (κ3) is 2.49. The summed E-state index contributed by atoms with van der Waals surface area (Å²) in [7, 11) is 0. The van der Waals surface area contributed by atoms with Crippen LogP contribution in [0, 0.1) is 5.92 Å². The van der Waals surface area contributed by atoms with Crippen molar-refractivity contribution in [3.63, 3.8) is 0 Å². The Labute approximate surface area is 78.6 Å². The van der Waals surface area contributed by atoms with Crippen LogP contribution >= 0.6 is 0 Å². The van der Waals surface area contributed by atoms with Crippen molar-refractivity contribution >= 4 is 0 Å². The Kier molecular flexibility index (Phi) is 2.87. The molecule has 3 heteroatoms. The molecule has 1 N–H and O–H groups in total. The molecular weight excluding hydrogens is 162 g/mol. The summed E-state index contributed by atoms with van der Waals surface area (Å²) in [6, 6.07) is 1.86. The predicted octanol–water partition coefficient (Wildman–Crippen LogP) is 1.02. The SMILES string of the molecule is c1cnc(CC2CCCNC2)nc1. The van der Waals surface area contributed by atoms with Crippen molar-refractivity contribution in [2.75, 3.05) is 13.1 Å². The van der Waals surface area contributed by atoms with Crippen LogP contribution < -0.4 is 5.32 Å². The van der Waals surface area contributed by atoms with Crippen LogP contribution in [0.5, 0.6) is 0 Å². The first-order chi connectivity index (χ1) is 6.45. The zero-order chi connectivity index (χ0) is 8.93. The Bertz CT molecular complexity index is 242. The molecule has 1 aromatic rings. The maximum absolute atomic E-state index is 4.23. The van der Waals surface area contributed by atoms with Crippen molar-refractivity contribution in [3.05, 3.63) is 24.3 Å². The van der Waals surface area contributed by atoms with E-state index in [1.807, 2.05) is 18.5 Å². The minimum absolute atomic E-state index is 0.733. The molecule has 1 aromatic heterocycles. The minimum Gasteiger partial charge on any atom is -0.316 e. The third-order valence-corrected chi connectivity index (χ3v) is 2.49. The summed E-state index contributed by atoms with van der Waals surface area (Å²) in [6.45, 7) is 2.30. The van der Waals surface area contributed by atoms with Crippen LogP contribution in [0.2, 0.25) is 0 Å². The Balaban J connectivity index is 1.90. The van der Waals surface area contributed by atoms with Crippen molar-refractivity contribution in [1.29, 1.82) is 0 Å². The number of hydrogen-bond acceptors (Lipinski definition) is 3. The van der Waals surface area contributed by atoms with Crippen LogP contribution in [0.15, 0.2) is 18.5 Å². The summed E-state index contributed by atoms with van der Waals surface area (Å²) in [5.41, 5.74) is 0. The van der Waals surface area contributed by atoms with E-state index in [1.165, 1.54) is 19.4 Å². The molecule has 0 aliphatic carbocycles. The molecule has 0 radical (unpaired) electrons. The van der Waals surface area contributed by atoms with E-state index < -0.39 is 0 Å². The number of aromatic nitrogens is 2. The number of nitrogens with zero attached hydrogens (tertiary/aromatic N) is 2. The van der Waals surface area contributed by atoms with Crippen LogP contribution in [0.4, 0.5) is 0 Å². The van der Waals surface area contributed by atoms with Gasteiger partial charge in [0.1, 0.15) is 5.82 Å². The summed E-state index contributed by atoms with van der Waals surface area (Å²) in [6.07, 6.45) is 7.26. The lowest BCUT2D eigenvalue weighted by molar-refractivity contribution is 0.370. The summed E-state index contributed by atoms with van der Waals surface area (Å²) >= 11 is 0. The van der Waals surface area contributed by atoms with Gasteiger partial charge in [0.25, 0.3) is 0 Å². The topological polar surface area (TPSA) is 37.8 Å². The molecule has 1 aliphatic rings. The van der Waals surface area contributed by atoms with E-state index in [1.54, 1.807) is 0 Å². The Morgan fingerprint density at radius 2 is 2.23 bits per heavy atom. The molecule has 0 aromatic carbocycles. The third-order valence-electron chi connectivity index (χ3n) is 2.49. The molecule has 0 saturated carbocycles. The van der Waals surface area contributed by atoms with Gasteiger partial charge in [-0.2, -0.15) is 0 Å². The number of hydrogen-bond donors (Lipinski definition) is 1. The highest BCUT2D eigenvalue weighted by molar-refractivity contribution is 4.91. The highest BCUT2D eigenvalue weighted by atomic mass is 14.9. The number of rotatable bonds is 2. The molecule has 0 bridgehead atoms. The molecule has 1 atom stereocenters. The van der Waals surface area contributed by atoms with E-state index in [0.717, 1.165) is 24.7 Å². The van der Waals surface area contributed by atoms with Gasteiger partial charge in [0, 0.05) is 18.8 Å². The fourth-order valence-corrected chi connectivity index (χ4v) is 1.79. The molecular formula is C10H15N3. The summed E-state index contributed by atoms with van der Waals surface area (Å²) < 4.78 is 0. The average molecular weight is 177 g/mol. The van der Waals surface area contributed by atoms with E-state index in [0.29, 0.717) is 0 Å². The van der Waals surface area contributed by atoms with E-state index in [4.69, 9.17) is 0 Å². The highest BCUT2D eigenvalue weighted by Crippen LogP contribution is 2.13. The lowest BCUT2D eigenvalue weighted by Crippen LogP contribution is -2.31. The fraction of sp³-hybridized carbons (Fsp3) is 0.600. The van der Waals surface area contributed by atoms with Gasteiger partial charge >= 0.3 is 0 Å². The van der Waals surface area contributed by atoms with E-state index >= 15 is 0 Å². The quantitative estimate of drug-likeness (QED) is 0.733. The minimum atomic E-state index is 0.733. The van der Waals surface area contributed by atoms with Crippen LogP contribution in [0.3, 0.4) is 0 Å². The van der Waals surface area contributed by atoms with Gasteiger partial charge < -0.3 is 5.32 Å². The Morgan fingerprint density at radius 3 is 2.92 bits per heavy atom. The van der Waals surface area contributed by atoms with Crippen LogP contribution in [-0.2, 0) is 6.42 Å². The van der Waals surface area contributed by atoms with Gasteiger partial charge in [-0.25, -0.2) is 9.97 Å². The molecule has 13 heavy (non-hydrogen) atoms. The van der Waals surface area contributed by atoms with Crippen LogP contribution in [-0.4, -0.2) is 23.1 Å². The lowest BCUT2D eigenvalue weighted by atomic mass is 9.96. The largest absolute Gasteiger partial charge is 0.316 e. The van der Waals surface area contributed by atoms with Crippen LogP contribution in [0.1, 0.15) is 18.7 Å². The second-order valence-electron chi connectivity index (χ2n) is 3.58. The average Bonchev–Trinajstić information content (AvgIpc) is 2.21. The first-order valence-electron chi connectivity index (χ1n) is 4.92. The smallest absolute Gasteiger partial charge is 0.128 e. The van der Waals surface area contributed by atoms with Crippen molar-refractivity contribution < 1.29 is 0 Å². The van der Waals surface area contributed by atoms with E-state index in [-0.39, 0.29) is 0 Å². The predicted molar refractivity (Wildman–Crippen MR) is 51.3 cm³/mol. The van der Waals surface area contributed by atoms with Gasteiger partial charge in [-0.1, -0.05) is 0 Å². The number of nitrogens with one attached hydrogen (secondary N) is 1. The number of piperidine rings is 1. The highest BCUT2D eigenvalue weighted by Gasteiger charge is 2.14. The first-order valence-corrected chi connectivity index (χ1v) is 4.92. The van der Waals surface area contributed by atoms with Crippen molar-refractivity contribution in [1.82, 2.24) is 15.3 Å². The van der Waals surface area contributed by atoms with Crippen molar-refractivity contribution in [2.45, 2.75) is 19.3 Å². The standard InChI is InChI=1S/C10H15N3/c1-3-9(8-11-4-1)7-10-12-5-2-6-13-10/h2,5-6,9,11H,1,3-4,7-8H2. The first kappa shape index (κ1) is 8.63. The van der Waals surface area contributed by atoms with Crippen LogP contribution in [0.25, 0.3) is 0 Å². The Morgan fingerprint density at radius 1 is 1.38 bits per heavy atom. The molecule has 2 rings (SSSR count). The molecule has 70 valence electrons. The van der Waals surface area contributed by atoms with Gasteiger partial charge in [-0.05, 0) is 37.9 Å². The van der Waals surface area contributed by atoms with Gasteiger partial charge in [0.2, 0.25) is 0 Å². The molecule has 2 heterocycles. The maximum Gasteiger partial charge on any atom is 0.128 e. The lowest BCUT2D eigenvalue weighted by Gasteiger charge is -2.21. The van der Waals surface area contributed by atoms with Gasteiger partial charge in [0.15, 0.2) is 0 Å². The van der Waals surface area contributed by atoms with Crippen molar-refractivity contribution in [2.24, 2.45) is 5.92 Å². The Hall–Kier alpha value is -0.960. The van der Waals surface area contributed by atoms with Crippen molar-refractivity contribution in [3.8, 4) is 0 Å². The summed E-state index contributed by atoms with van der Waals surface area (Å²) in [5.74, 6) is 1.72. The molecule has 0 amide bonds. The molecule has 1 saturated heterocycles. The van der Waals surface area contributed by atoms with E-state index in [2.05, 4.69) is 15.3 Å². The van der Waals surface area contributed by atoms with E-state index in [9.17, 15) is 0 Å². The van der Waals surface area contributed by atoms with Gasteiger partial charge in [-0.15, -0.1) is 0 Å².